The van der Waals surface area contributed by atoms with Crippen LogP contribution in [0.4, 0.5) is 8.78 Å². The summed E-state index contributed by atoms with van der Waals surface area (Å²) >= 11 is 0. The van der Waals surface area contributed by atoms with Gasteiger partial charge in [0.15, 0.2) is 17.1 Å². The zero-order valence-corrected chi connectivity index (χ0v) is 17.4. The summed E-state index contributed by atoms with van der Waals surface area (Å²) in [5.74, 6) is -1.31. The standard InChI is InChI=1S/C26H22F2N2O2/c27-20-10-11-23(28)18(16-20)17-29-12-14-30(15-13-29)26(19-6-2-1-3-7-19)24(31)21-8-4-5-9-22(21)25(26)32/h1-11,16H,12-15,17H2. The number of carbonyl (C=O) groups is 2. The number of halogens is 2. The van der Waals surface area contributed by atoms with Gasteiger partial charge in [-0.25, -0.2) is 8.78 Å². The van der Waals surface area contributed by atoms with E-state index in [1.165, 1.54) is 6.07 Å². The van der Waals surface area contributed by atoms with Crippen LogP contribution in [0.15, 0.2) is 72.8 Å². The first-order valence-electron chi connectivity index (χ1n) is 10.7. The van der Waals surface area contributed by atoms with E-state index in [4.69, 9.17) is 0 Å². The average Bonchev–Trinajstić information content (AvgIpc) is 3.05. The van der Waals surface area contributed by atoms with Crippen molar-refractivity contribution in [3.8, 4) is 0 Å². The van der Waals surface area contributed by atoms with Crippen LogP contribution in [0.25, 0.3) is 0 Å². The third-order valence-corrected chi connectivity index (χ3v) is 6.51. The lowest BCUT2D eigenvalue weighted by Gasteiger charge is -2.44. The van der Waals surface area contributed by atoms with Crippen molar-refractivity contribution >= 4 is 11.6 Å². The molecule has 6 heteroatoms. The Morgan fingerprint density at radius 3 is 1.97 bits per heavy atom. The Hall–Kier alpha value is -3.22. The molecule has 32 heavy (non-hydrogen) atoms. The van der Waals surface area contributed by atoms with Crippen molar-refractivity contribution in [3.63, 3.8) is 0 Å². The van der Waals surface area contributed by atoms with Crippen LogP contribution in [-0.4, -0.2) is 47.5 Å². The van der Waals surface area contributed by atoms with E-state index in [0.717, 1.165) is 12.1 Å². The number of benzene rings is 3. The Bertz CT molecular complexity index is 1150. The number of hydrogen-bond donors (Lipinski definition) is 0. The number of fused-ring (bicyclic) bond motifs is 1. The van der Waals surface area contributed by atoms with Crippen LogP contribution in [0, 0.1) is 11.6 Å². The minimum Gasteiger partial charge on any atom is -0.296 e. The molecule has 1 heterocycles. The Balaban J connectivity index is 1.45. The van der Waals surface area contributed by atoms with Crippen molar-refractivity contribution in [2.45, 2.75) is 12.1 Å². The van der Waals surface area contributed by atoms with Crippen molar-refractivity contribution in [3.05, 3.63) is 107 Å². The largest absolute Gasteiger partial charge is 0.296 e. The number of Topliss-reactive ketones (excluding diaryl/α,β-unsaturated/α-hetero) is 2. The predicted molar refractivity (Wildman–Crippen MR) is 116 cm³/mol. The van der Waals surface area contributed by atoms with Gasteiger partial charge in [0.2, 0.25) is 0 Å². The molecule has 4 nitrogen and oxygen atoms in total. The first kappa shape index (κ1) is 20.7. The topological polar surface area (TPSA) is 40.6 Å². The number of piperazine rings is 1. The second-order valence-electron chi connectivity index (χ2n) is 8.28. The molecule has 2 aliphatic rings. The molecule has 0 atom stereocenters. The lowest BCUT2D eigenvalue weighted by Crippen LogP contribution is -2.60. The molecule has 3 aromatic rings. The smallest absolute Gasteiger partial charge is 0.196 e. The summed E-state index contributed by atoms with van der Waals surface area (Å²) in [5.41, 5.74) is 0.477. The van der Waals surface area contributed by atoms with Crippen molar-refractivity contribution in [2.24, 2.45) is 0 Å². The van der Waals surface area contributed by atoms with E-state index in [0.29, 0.717) is 48.4 Å². The van der Waals surface area contributed by atoms with Crippen molar-refractivity contribution < 1.29 is 18.4 Å². The Labute approximate surface area is 185 Å². The molecular formula is C26H22F2N2O2. The summed E-state index contributed by atoms with van der Waals surface area (Å²) in [5, 5.41) is 0. The third kappa shape index (κ3) is 3.18. The fourth-order valence-electron chi connectivity index (χ4n) is 4.93. The zero-order chi connectivity index (χ0) is 22.3. The van der Waals surface area contributed by atoms with Crippen LogP contribution in [0.2, 0.25) is 0 Å². The van der Waals surface area contributed by atoms with Crippen molar-refractivity contribution in [1.29, 1.82) is 0 Å². The van der Waals surface area contributed by atoms with E-state index in [-0.39, 0.29) is 18.1 Å². The van der Waals surface area contributed by atoms with Gasteiger partial charge in [-0.15, -0.1) is 0 Å². The van der Waals surface area contributed by atoms with Gasteiger partial charge >= 0.3 is 0 Å². The molecular weight excluding hydrogens is 410 g/mol. The maximum Gasteiger partial charge on any atom is 0.196 e. The monoisotopic (exact) mass is 432 g/mol. The first-order valence-corrected chi connectivity index (χ1v) is 10.7. The molecule has 0 aromatic heterocycles. The summed E-state index contributed by atoms with van der Waals surface area (Å²) in [4.78, 5) is 31.4. The normalized spacial score (nSPS) is 18.7. The molecule has 0 bridgehead atoms. The second kappa shape index (κ2) is 8.04. The predicted octanol–water partition coefficient (Wildman–Crippen LogP) is 4.06. The summed E-state index contributed by atoms with van der Waals surface area (Å²) in [6, 6.07) is 19.6. The fraction of sp³-hybridized carbons (Fsp3) is 0.231. The highest BCUT2D eigenvalue weighted by molar-refractivity contribution is 6.32. The Morgan fingerprint density at radius 1 is 0.750 bits per heavy atom. The lowest BCUT2D eigenvalue weighted by atomic mass is 9.82. The molecule has 0 saturated carbocycles. The SMILES string of the molecule is O=C1c2ccccc2C(=O)C1(c1ccccc1)N1CCN(Cc2cc(F)ccc2F)CC1. The van der Waals surface area contributed by atoms with E-state index in [1.807, 2.05) is 40.1 Å². The highest BCUT2D eigenvalue weighted by Gasteiger charge is 2.58. The van der Waals surface area contributed by atoms with Gasteiger partial charge < -0.3 is 0 Å². The van der Waals surface area contributed by atoms with Crippen LogP contribution in [0.1, 0.15) is 31.8 Å². The maximum absolute atomic E-state index is 14.1. The van der Waals surface area contributed by atoms with Gasteiger partial charge in [-0.3, -0.25) is 19.4 Å². The van der Waals surface area contributed by atoms with Crippen LogP contribution < -0.4 is 0 Å². The molecule has 3 aromatic carbocycles. The quantitative estimate of drug-likeness (QED) is 0.583. The highest BCUT2D eigenvalue weighted by Crippen LogP contribution is 2.42. The average molecular weight is 432 g/mol. The summed E-state index contributed by atoms with van der Waals surface area (Å²) in [6.45, 7) is 2.25. The Kier molecular flexibility index (Phi) is 5.19. The van der Waals surface area contributed by atoms with Crippen LogP contribution in [-0.2, 0) is 12.1 Å². The molecule has 5 rings (SSSR count). The summed E-state index contributed by atoms with van der Waals surface area (Å²) < 4.78 is 27.6. The third-order valence-electron chi connectivity index (χ3n) is 6.51. The van der Waals surface area contributed by atoms with E-state index in [2.05, 4.69) is 0 Å². The van der Waals surface area contributed by atoms with Gasteiger partial charge in [0.1, 0.15) is 11.6 Å². The molecule has 1 fully saturated rings. The lowest BCUT2D eigenvalue weighted by molar-refractivity contribution is 0.0277. The number of ketones is 2. The maximum atomic E-state index is 14.1. The van der Waals surface area contributed by atoms with Crippen molar-refractivity contribution in [1.82, 2.24) is 9.80 Å². The zero-order valence-electron chi connectivity index (χ0n) is 17.4. The number of nitrogens with zero attached hydrogens (tertiary/aromatic N) is 2. The van der Waals surface area contributed by atoms with Gasteiger partial charge in [0.05, 0.1) is 0 Å². The molecule has 162 valence electrons. The highest BCUT2D eigenvalue weighted by atomic mass is 19.1. The van der Waals surface area contributed by atoms with Gasteiger partial charge in [-0.1, -0.05) is 54.6 Å². The Morgan fingerprint density at radius 2 is 1.34 bits per heavy atom. The van der Waals surface area contributed by atoms with Crippen LogP contribution >= 0.6 is 0 Å². The van der Waals surface area contributed by atoms with E-state index < -0.39 is 17.2 Å². The van der Waals surface area contributed by atoms with Crippen molar-refractivity contribution in [2.75, 3.05) is 26.2 Å². The molecule has 0 radical (unpaired) electrons. The first-order chi connectivity index (χ1) is 15.5. The molecule has 1 aliphatic carbocycles. The van der Waals surface area contributed by atoms with Gasteiger partial charge in [0, 0.05) is 49.4 Å². The molecule has 0 amide bonds. The van der Waals surface area contributed by atoms with Gasteiger partial charge in [-0.2, -0.15) is 0 Å². The molecule has 1 aliphatic heterocycles. The second-order valence-corrected chi connectivity index (χ2v) is 8.28. The van der Waals surface area contributed by atoms with Crippen LogP contribution in [0.3, 0.4) is 0 Å². The van der Waals surface area contributed by atoms with Crippen LogP contribution in [0.5, 0.6) is 0 Å². The van der Waals surface area contributed by atoms with Gasteiger partial charge in [0.25, 0.3) is 0 Å². The van der Waals surface area contributed by atoms with E-state index >= 15 is 0 Å². The molecule has 0 unspecified atom stereocenters. The molecule has 0 N–H and O–H groups in total. The van der Waals surface area contributed by atoms with Gasteiger partial charge in [-0.05, 0) is 23.8 Å². The minimum atomic E-state index is -1.39. The minimum absolute atomic E-state index is 0.200. The number of carbonyl (C=O) groups excluding carboxylic acids is 2. The summed E-state index contributed by atoms with van der Waals surface area (Å²) in [7, 11) is 0. The van der Waals surface area contributed by atoms with E-state index in [9.17, 15) is 18.4 Å². The molecule has 0 spiro atoms. The summed E-state index contributed by atoms with van der Waals surface area (Å²) in [6.07, 6.45) is 0. The number of hydrogen-bond acceptors (Lipinski definition) is 4. The fourth-order valence-corrected chi connectivity index (χ4v) is 4.93. The van der Waals surface area contributed by atoms with E-state index in [1.54, 1.807) is 24.3 Å². The number of rotatable bonds is 4. The molecule has 1 saturated heterocycles.